The van der Waals surface area contributed by atoms with Gasteiger partial charge in [-0.3, -0.25) is 24.0 Å². The lowest BCUT2D eigenvalue weighted by Crippen LogP contribution is -2.40. The van der Waals surface area contributed by atoms with Gasteiger partial charge in [-0.25, -0.2) is 0 Å². The maximum absolute atomic E-state index is 12.8. The molecule has 0 aliphatic carbocycles. The zero-order valence-corrected chi connectivity index (χ0v) is 25.9. The Morgan fingerprint density at radius 1 is 0.651 bits per heavy atom. The lowest BCUT2D eigenvalue weighted by atomic mass is 9.89. The van der Waals surface area contributed by atoms with E-state index in [0.29, 0.717) is 44.9 Å². The molecule has 13 nitrogen and oxygen atoms in total. The number of aliphatic carboxylic acids is 3. The molecule has 0 rings (SSSR count). The fourth-order valence-corrected chi connectivity index (χ4v) is 4.79. The molecule has 0 aliphatic rings. The molecule has 0 saturated heterocycles. The molecule has 7 atom stereocenters. The van der Waals surface area contributed by atoms with Crippen molar-refractivity contribution >= 4 is 29.8 Å². The van der Waals surface area contributed by atoms with Crippen molar-refractivity contribution < 1.29 is 64.1 Å². The fourth-order valence-electron chi connectivity index (χ4n) is 4.79. The zero-order valence-electron chi connectivity index (χ0n) is 25.9. The van der Waals surface area contributed by atoms with Crippen LogP contribution in [0.2, 0.25) is 0 Å². The summed E-state index contributed by atoms with van der Waals surface area (Å²) in [5.41, 5.74) is 0. The van der Waals surface area contributed by atoms with E-state index >= 15 is 0 Å². The van der Waals surface area contributed by atoms with Crippen LogP contribution in [0.25, 0.3) is 0 Å². The average molecular weight is 621 g/mol. The first-order chi connectivity index (χ1) is 20.0. The predicted octanol–water partition coefficient (Wildman–Crippen LogP) is 3.15. The quantitative estimate of drug-likeness (QED) is 0.0638. The molecule has 43 heavy (non-hydrogen) atoms. The zero-order chi connectivity index (χ0) is 33.1. The Balaban J connectivity index is 5.40. The lowest BCUT2D eigenvalue weighted by molar-refractivity contribution is -0.175. The summed E-state index contributed by atoms with van der Waals surface area (Å²) in [5.74, 6) is -7.67. The van der Waals surface area contributed by atoms with Gasteiger partial charge in [0.1, 0.15) is 12.2 Å². The molecule has 0 aliphatic heterocycles. The largest absolute Gasteiger partial charge is 0.481 e. The van der Waals surface area contributed by atoms with Crippen molar-refractivity contribution in [1.29, 1.82) is 0 Å². The topological polar surface area (TPSA) is 225 Å². The standard InChI is InChI=1S/C30H52O13/c1-5-21(31)17-23(33)10-7-6-9-22(32)13-19(4)14-24(42-28(39)16-20(30(40)41)15-26(36)37)29(18(2)3)43-27(38)12-8-11-25(34)35/h18-24,29,31-33H,5-17H2,1-4H3,(H,34,35)(H,36,37)(H,40,41)/t19-,20+,21?,22+,23+,24-,29+/m0/s1. The summed E-state index contributed by atoms with van der Waals surface area (Å²) in [6, 6.07) is 0. The number of carbonyl (C=O) groups is 5. The van der Waals surface area contributed by atoms with Gasteiger partial charge in [0, 0.05) is 12.8 Å². The number of carbonyl (C=O) groups excluding carboxylic acids is 2. The van der Waals surface area contributed by atoms with Gasteiger partial charge in [-0.2, -0.15) is 0 Å². The number of carboxylic acid groups (broad SMARTS) is 3. The summed E-state index contributed by atoms with van der Waals surface area (Å²) in [4.78, 5) is 58.5. The number of unbranched alkanes of at least 4 members (excludes halogenated alkanes) is 1. The van der Waals surface area contributed by atoms with Crippen molar-refractivity contribution in [2.75, 3.05) is 0 Å². The van der Waals surface area contributed by atoms with Crippen LogP contribution in [0.15, 0.2) is 0 Å². The molecule has 0 radical (unpaired) electrons. The highest BCUT2D eigenvalue weighted by Gasteiger charge is 2.34. The second-order valence-electron chi connectivity index (χ2n) is 11.8. The van der Waals surface area contributed by atoms with E-state index in [-0.39, 0.29) is 37.5 Å². The first-order valence-corrected chi connectivity index (χ1v) is 15.1. The summed E-state index contributed by atoms with van der Waals surface area (Å²) >= 11 is 0. The normalized spacial score (nSPS) is 16.4. The van der Waals surface area contributed by atoms with E-state index in [0.717, 1.165) is 0 Å². The first-order valence-electron chi connectivity index (χ1n) is 15.1. The Hall–Kier alpha value is -2.77. The first kappa shape index (κ1) is 40.2. The molecular formula is C30H52O13. The Morgan fingerprint density at radius 3 is 1.72 bits per heavy atom. The average Bonchev–Trinajstić information content (AvgIpc) is 2.88. The smallest absolute Gasteiger partial charge is 0.307 e. The third-order valence-electron chi connectivity index (χ3n) is 7.18. The van der Waals surface area contributed by atoms with E-state index < -0.39 is 79.1 Å². The van der Waals surface area contributed by atoms with Gasteiger partial charge in [-0.1, -0.05) is 40.5 Å². The van der Waals surface area contributed by atoms with Crippen LogP contribution >= 0.6 is 0 Å². The van der Waals surface area contributed by atoms with Gasteiger partial charge in [0.05, 0.1) is 37.1 Å². The molecule has 13 heteroatoms. The summed E-state index contributed by atoms with van der Waals surface area (Å²) in [6.45, 7) is 7.11. The van der Waals surface area contributed by atoms with Crippen LogP contribution in [0, 0.1) is 17.8 Å². The summed E-state index contributed by atoms with van der Waals surface area (Å²) < 4.78 is 11.2. The van der Waals surface area contributed by atoms with Crippen molar-refractivity contribution in [2.24, 2.45) is 17.8 Å². The highest BCUT2D eigenvalue weighted by Crippen LogP contribution is 2.26. The van der Waals surface area contributed by atoms with Crippen LogP contribution in [0.3, 0.4) is 0 Å². The molecule has 0 heterocycles. The van der Waals surface area contributed by atoms with Crippen molar-refractivity contribution in [3.05, 3.63) is 0 Å². The predicted molar refractivity (Wildman–Crippen MR) is 154 cm³/mol. The monoisotopic (exact) mass is 620 g/mol. The molecule has 0 spiro atoms. The minimum absolute atomic E-state index is 0.0533. The van der Waals surface area contributed by atoms with Crippen molar-refractivity contribution in [3.8, 4) is 0 Å². The molecule has 0 aromatic rings. The van der Waals surface area contributed by atoms with Gasteiger partial charge >= 0.3 is 29.8 Å². The molecule has 0 aromatic carbocycles. The molecule has 0 aromatic heterocycles. The fraction of sp³-hybridized carbons (Fsp3) is 0.833. The van der Waals surface area contributed by atoms with E-state index in [2.05, 4.69) is 0 Å². The Bertz CT molecular complexity index is 859. The van der Waals surface area contributed by atoms with E-state index in [1.807, 2.05) is 13.8 Å². The van der Waals surface area contributed by atoms with Crippen molar-refractivity contribution in [3.63, 3.8) is 0 Å². The van der Waals surface area contributed by atoms with Crippen LogP contribution in [-0.2, 0) is 33.4 Å². The van der Waals surface area contributed by atoms with Crippen molar-refractivity contribution in [1.82, 2.24) is 0 Å². The molecule has 1 unspecified atom stereocenters. The Labute approximate surface area is 253 Å². The number of hydrogen-bond acceptors (Lipinski definition) is 10. The maximum atomic E-state index is 12.8. The number of carboxylic acids is 3. The van der Waals surface area contributed by atoms with Crippen LogP contribution < -0.4 is 0 Å². The number of hydrogen-bond donors (Lipinski definition) is 6. The summed E-state index contributed by atoms with van der Waals surface area (Å²) in [5, 5.41) is 57.4. The van der Waals surface area contributed by atoms with E-state index in [9.17, 15) is 44.4 Å². The minimum Gasteiger partial charge on any atom is -0.481 e. The van der Waals surface area contributed by atoms with Gasteiger partial charge in [0.25, 0.3) is 0 Å². The van der Waals surface area contributed by atoms with Gasteiger partial charge in [0.15, 0.2) is 0 Å². The highest BCUT2D eigenvalue weighted by atomic mass is 16.6. The molecule has 250 valence electrons. The third kappa shape index (κ3) is 19.9. The Kier molecular flexibility index (Phi) is 20.4. The summed E-state index contributed by atoms with van der Waals surface area (Å²) in [6.07, 6.45) is -2.06. The van der Waals surface area contributed by atoms with Crippen LogP contribution in [-0.4, -0.2) is 91.0 Å². The van der Waals surface area contributed by atoms with Crippen molar-refractivity contribution in [2.45, 2.75) is 142 Å². The number of esters is 2. The molecule has 0 saturated carbocycles. The molecule has 6 N–H and O–H groups in total. The molecule has 0 amide bonds. The van der Waals surface area contributed by atoms with Crippen LogP contribution in [0.4, 0.5) is 0 Å². The van der Waals surface area contributed by atoms with Crippen LogP contribution in [0.1, 0.15) is 111 Å². The lowest BCUT2D eigenvalue weighted by Gasteiger charge is -2.32. The maximum Gasteiger partial charge on any atom is 0.307 e. The van der Waals surface area contributed by atoms with E-state index in [1.165, 1.54) is 0 Å². The second-order valence-corrected chi connectivity index (χ2v) is 11.8. The molecule has 0 bridgehead atoms. The SMILES string of the molecule is CCC(O)C[C@H](O)CCCC[C@@H](O)C[C@H](C)C[C@H](OC(=O)C[C@@H](CC(=O)O)C(=O)O)[C@H](OC(=O)CCCC(=O)O)C(C)C. The number of ether oxygens (including phenoxy) is 2. The summed E-state index contributed by atoms with van der Waals surface area (Å²) in [7, 11) is 0. The van der Waals surface area contributed by atoms with Gasteiger partial charge < -0.3 is 40.1 Å². The molecular weight excluding hydrogens is 568 g/mol. The Morgan fingerprint density at radius 2 is 1.23 bits per heavy atom. The number of aliphatic hydroxyl groups is 3. The second kappa shape index (κ2) is 21.8. The van der Waals surface area contributed by atoms with Gasteiger partial charge in [-0.15, -0.1) is 0 Å². The molecule has 0 fully saturated rings. The van der Waals surface area contributed by atoms with Crippen LogP contribution in [0.5, 0.6) is 0 Å². The number of rotatable bonds is 25. The van der Waals surface area contributed by atoms with Gasteiger partial charge in [0.2, 0.25) is 0 Å². The van der Waals surface area contributed by atoms with Gasteiger partial charge in [-0.05, 0) is 56.8 Å². The highest BCUT2D eigenvalue weighted by molar-refractivity contribution is 5.83. The van der Waals surface area contributed by atoms with E-state index in [4.69, 9.17) is 19.7 Å². The van der Waals surface area contributed by atoms with E-state index in [1.54, 1.807) is 13.8 Å². The minimum atomic E-state index is -1.51. The number of aliphatic hydroxyl groups excluding tert-OH is 3. The third-order valence-corrected chi connectivity index (χ3v) is 7.18.